The summed E-state index contributed by atoms with van der Waals surface area (Å²) in [7, 11) is -2.40. The average molecular weight is 164 g/mol. The summed E-state index contributed by atoms with van der Waals surface area (Å²) in [6.07, 6.45) is 0. The van der Waals surface area contributed by atoms with Gasteiger partial charge >= 0.3 is 31.0 Å². The van der Waals surface area contributed by atoms with Crippen LogP contribution in [0.5, 0.6) is 0 Å². The summed E-state index contributed by atoms with van der Waals surface area (Å²) in [5.41, 5.74) is 0. The van der Waals surface area contributed by atoms with E-state index in [9.17, 15) is 9.79 Å². The van der Waals surface area contributed by atoms with E-state index in [1.165, 1.54) is 0 Å². The molecule has 0 saturated heterocycles. The van der Waals surface area contributed by atoms with E-state index < -0.39 is 8.38 Å². The van der Waals surface area contributed by atoms with Crippen LogP contribution in [-0.4, -0.2) is 0 Å². The molecule has 48 valence electrons. The molecule has 0 saturated carbocycles. The minimum atomic E-state index is -2.40. The fourth-order valence-electron chi connectivity index (χ4n) is 0.550. The first-order valence-corrected chi connectivity index (χ1v) is 3.68. The molecule has 0 aliphatic heterocycles. The van der Waals surface area contributed by atoms with E-state index in [2.05, 4.69) is 0 Å². The number of hydrogen-bond donors (Lipinski definition) is 0. The van der Waals surface area contributed by atoms with Crippen LogP contribution in [-0.2, 0) is 0 Å². The second kappa shape index (κ2) is 5.25. The molecule has 1 rings (SSSR count). The first kappa shape index (κ1) is 10.6. The Hall–Kier alpha value is 0.570. The predicted molar refractivity (Wildman–Crippen MR) is 34.1 cm³/mol. The molecule has 0 fully saturated rings. The maximum atomic E-state index is 10.2. The molecule has 0 radical (unpaired) electrons. The molecule has 1 aromatic carbocycles. The van der Waals surface area contributed by atoms with Gasteiger partial charge < -0.3 is 9.79 Å². The summed E-state index contributed by atoms with van der Waals surface area (Å²) in [5.74, 6) is 0. The van der Waals surface area contributed by atoms with Gasteiger partial charge in [0.25, 0.3) is 0 Å². The second-order valence-corrected chi connectivity index (χ2v) is 2.62. The van der Waals surface area contributed by atoms with E-state index in [1.54, 1.807) is 30.3 Å². The third-order valence-electron chi connectivity index (χ3n) is 0.967. The summed E-state index contributed by atoms with van der Waals surface area (Å²) in [6.45, 7) is 0. The number of hydrogen-bond acceptors (Lipinski definition) is 2. The van der Waals surface area contributed by atoms with Crippen molar-refractivity contribution in [3.05, 3.63) is 30.3 Å². The van der Waals surface area contributed by atoms with Crippen LogP contribution in [0.3, 0.4) is 0 Å². The van der Waals surface area contributed by atoms with Gasteiger partial charge in [-0.2, -0.15) is 0 Å². The molecule has 0 aromatic heterocycles. The topological polar surface area (TPSA) is 46.1 Å². The van der Waals surface area contributed by atoms with E-state index >= 15 is 0 Å². The zero-order chi connectivity index (χ0) is 6.69. The van der Waals surface area contributed by atoms with Gasteiger partial charge in [0.2, 0.25) is 0 Å². The van der Waals surface area contributed by atoms with E-state index in [0.29, 0.717) is 5.30 Å². The predicted octanol–water partition coefficient (Wildman–Crippen LogP) is -3.54. The zero-order valence-corrected chi connectivity index (χ0v) is 8.54. The Labute approximate surface area is 84.6 Å². The molecule has 1 aromatic rings. The smallest absolute Gasteiger partial charge is 0.838 e. The van der Waals surface area contributed by atoms with Gasteiger partial charge in [-0.1, -0.05) is 35.6 Å². The molecule has 0 unspecified atom stereocenters. The van der Waals surface area contributed by atoms with Crippen molar-refractivity contribution in [1.29, 1.82) is 0 Å². The maximum absolute atomic E-state index is 10.2. The zero-order valence-electron chi connectivity index (χ0n) is 6.65. The van der Waals surface area contributed by atoms with Crippen LogP contribution in [0.2, 0.25) is 0 Å². The molecule has 0 N–H and O–H groups in total. The van der Waals surface area contributed by atoms with Crippen LogP contribution >= 0.6 is 8.38 Å². The van der Waals surface area contributed by atoms with Crippen molar-refractivity contribution in [2.75, 3.05) is 0 Å². The first-order chi connectivity index (χ1) is 4.30. The Morgan fingerprint density at radius 3 is 1.90 bits per heavy atom. The Balaban J connectivity index is 0. The average Bonchev–Trinajstić information content (AvgIpc) is 1.90. The van der Waals surface area contributed by atoms with Gasteiger partial charge in [0.1, 0.15) is 0 Å². The first-order valence-electron chi connectivity index (χ1n) is 2.50. The van der Waals surface area contributed by atoms with Crippen LogP contribution in [0.1, 0.15) is 1.43 Å². The Morgan fingerprint density at radius 2 is 1.60 bits per heavy atom. The molecular formula is C6H6NaO2P. The fraction of sp³-hybridized carbons (Fsp3) is 0. The van der Waals surface area contributed by atoms with Gasteiger partial charge in [0, 0.05) is 0 Å². The van der Waals surface area contributed by atoms with Gasteiger partial charge in [-0.05, 0) is 0 Å². The second-order valence-electron chi connectivity index (χ2n) is 1.59. The summed E-state index contributed by atoms with van der Waals surface area (Å²) in [6, 6.07) is 8.29. The van der Waals surface area contributed by atoms with E-state index in [4.69, 9.17) is 0 Å². The summed E-state index contributed by atoms with van der Waals surface area (Å²) in [4.78, 5) is 20.5. The molecule has 10 heavy (non-hydrogen) atoms. The molecule has 0 aliphatic carbocycles. The van der Waals surface area contributed by atoms with E-state index in [-0.39, 0.29) is 31.0 Å². The molecule has 4 heteroatoms. The van der Waals surface area contributed by atoms with Crippen molar-refractivity contribution >= 4 is 13.7 Å². The number of benzene rings is 1. The van der Waals surface area contributed by atoms with E-state index in [0.717, 1.165) is 0 Å². The van der Waals surface area contributed by atoms with Crippen LogP contribution in [0.25, 0.3) is 0 Å². The van der Waals surface area contributed by atoms with Gasteiger partial charge in [0.15, 0.2) is 0 Å². The quantitative estimate of drug-likeness (QED) is 0.319. The minimum Gasteiger partial charge on any atom is -0.838 e. The SMILES string of the molecule is [H+].[Na+].[O-]P([O-])c1ccccc1. The van der Waals surface area contributed by atoms with Crippen molar-refractivity contribution in [1.82, 2.24) is 0 Å². The van der Waals surface area contributed by atoms with Crippen LogP contribution in [0, 0.1) is 0 Å². The van der Waals surface area contributed by atoms with E-state index in [1.807, 2.05) is 0 Å². The molecule has 0 heterocycles. The largest absolute Gasteiger partial charge is 1.00 e. The monoisotopic (exact) mass is 164 g/mol. The third-order valence-corrected chi connectivity index (χ3v) is 1.69. The van der Waals surface area contributed by atoms with Crippen LogP contribution < -0.4 is 44.6 Å². The van der Waals surface area contributed by atoms with Gasteiger partial charge in [0.05, 0.1) is 0 Å². The van der Waals surface area contributed by atoms with Crippen LogP contribution in [0.15, 0.2) is 30.3 Å². The molecule has 0 aliphatic rings. The molecule has 0 spiro atoms. The van der Waals surface area contributed by atoms with Crippen molar-refractivity contribution in [3.63, 3.8) is 0 Å². The third kappa shape index (κ3) is 3.11. The fourth-order valence-corrected chi connectivity index (χ4v) is 0.965. The summed E-state index contributed by atoms with van der Waals surface area (Å²) in [5, 5.41) is 0.368. The van der Waals surface area contributed by atoms with Crippen molar-refractivity contribution in [2.45, 2.75) is 0 Å². The maximum Gasteiger partial charge on any atom is 1.00 e. The molecule has 0 atom stereocenters. The Bertz CT molecular complexity index is 183. The molecule has 0 bridgehead atoms. The Morgan fingerprint density at radius 1 is 1.10 bits per heavy atom. The van der Waals surface area contributed by atoms with Crippen molar-refractivity contribution in [2.24, 2.45) is 0 Å². The minimum absolute atomic E-state index is 0. The van der Waals surface area contributed by atoms with Gasteiger partial charge in [-0.25, -0.2) is 0 Å². The molecule has 0 amide bonds. The van der Waals surface area contributed by atoms with Crippen molar-refractivity contribution in [3.8, 4) is 0 Å². The normalized spacial score (nSPS) is 9.10. The van der Waals surface area contributed by atoms with Gasteiger partial charge in [-0.15, -0.1) is 0 Å². The summed E-state index contributed by atoms with van der Waals surface area (Å²) < 4.78 is 0. The molecule has 2 nitrogen and oxygen atoms in total. The number of rotatable bonds is 1. The van der Waals surface area contributed by atoms with Gasteiger partial charge in [-0.3, -0.25) is 8.38 Å². The standard InChI is InChI=1S/C6H5O2P.Na/c7-9(8)6-4-2-1-3-5-6;/h1-5H;/q-2;+1/p+1. The Kier molecular flexibility index (Phi) is 5.55. The molecular weight excluding hydrogens is 158 g/mol. The van der Waals surface area contributed by atoms with Crippen molar-refractivity contribution < 1.29 is 40.8 Å². The van der Waals surface area contributed by atoms with Crippen LogP contribution in [0.4, 0.5) is 0 Å². The summed E-state index contributed by atoms with van der Waals surface area (Å²) >= 11 is 0.